The van der Waals surface area contributed by atoms with E-state index in [4.69, 9.17) is 0 Å². The Bertz CT molecular complexity index is 283. The second-order valence-electron chi connectivity index (χ2n) is 3.94. The first-order valence-corrected chi connectivity index (χ1v) is 6.72. The molecule has 1 aromatic heterocycles. The number of aromatic nitrogens is 2. The van der Waals surface area contributed by atoms with Gasteiger partial charge in [0.1, 0.15) is 5.82 Å². The molecule has 3 nitrogen and oxygen atoms in total. The highest BCUT2D eigenvalue weighted by Crippen LogP contribution is 2.28. The summed E-state index contributed by atoms with van der Waals surface area (Å²) in [7, 11) is 0. The molecular weight excluding hydrogens is 206 g/mol. The largest absolute Gasteiger partial charge is 0.366 e. The molecule has 0 saturated heterocycles. The summed E-state index contributed by atoms with van der Waals surface area (Å²) in [5.41, 5.74) is 0. The lowest BCUT2D eigenvalue weighted by Gasteiger charge is -2.28. The first kappa shape index (κ1) is 10.7. The topological polar surface area (TPSA) is 37.8 Å². The van der Waals surface area contributed by atoms with Gasteiger partial charge in [0.15, 0.2) is 0 Å². The fourth-order valence-corrected chi connectivity index (χ4v) is 2.77. The molecule has 82 valence electrons. The minimum Gasteiger partial charge on any atom is -0.366 e. The van der Waals surface area contributed by atoms with E-state index in [9.17, 15) is 0 Å². The number of anilines is 1. The molecule has 1 heterocycles. The molecule has 0 unspecified atom stereocenters. The number of hydrogen-bond acceptors (Lipinski definition) is 4. The number of hydrogen-bond donors (Lipinski definition) is 1. The summed E-state index contributed by atoms with van der Waals surface area (Å²) < 4.78 is 0. The molecule has 0 aromatic carbocycles. The van der Waals surface area contributed by atoms with Crippen LogP contribution in [-0.4, -0.2) is 27.5 Å². The summed E-state index contributed by atoms with van der Waals surface area (Å²) in [6.07, 6.45) is 12.6. The first-order valence-electron chi connectivity index (χ1n) is 5.44. The van der Waals surface area contributed by atoms with Crippen molar-refractivity contribution in [2.75, 3.05) is 11.6 Å². The third kappa shape index (κ3) is 3.09. The molecule has 1 aromatic rings. The molecule has 1 aliphatic carbocycles. The van der Waals surface area contributed by atoms with Gasteiger partial charge in [-0.15, -0.1) is 0 Å². The van der Waals surface area contributed by atoms with E-state index < -0.39 is 0 Å². The number of nitrogens with one attached hydrogen (secondary N) is 1. The summed E-state index contributed by atoms with van der Waals surface area (Å²) in [5, 5.41) is 4.31. The number of thioether (sulfide) groups is 1. The van der Waals surface area contributed by atoms with Gasteiger partial charge in [0, 0.05) is 23.7 Å². The van der Waals surface area contributed by atoms with E-state index in [1.807, 2.05) is 11.8 Å². The number of rotatable bonds is 3. The smallest absolute Gasteiger partial charge is 0.144 e. The highest BCUT2D eigenvalue weighted by molar-refractivity contribution is 7.99. The molecule has 0 amide bonds. The normalized spacial score (nSPS) is 26.2. The molecule has 0 aliphatic heterocycles. The summed E-state index contributed by atoms with van der Waals surface area (Å²) in [6, 6.07) is 0.588. The average Bonchev–Trinajstić information content (AvgIpc) is 2.31. The summed E-state index contributed by atoms with van der Waals surface area (Å²) in [6.45, 7) is 0. The van der Waals surface area contributed by atoms with Crippen molar-refractivity contribution in [2.24, 2.45) is 0 Å². The molecule has 1 N–H and O–H groups in total. The Morgan fingerprint density at radius 1 is 1.27 bits per heavy atom. The SMILES string of the molecule is CSC1CCC(Nc2cnccn2)CC1. The van der Waals surface area contributed by atoms with Gasteiger partial charge < -0.3 is 5.32 Å². The van der Waals surface area contributed by atoms with Crippen LogP contribution in [0.5, 0.6) is 0 Å². The fraction of sp³-hybridized carbons (Fsp3) is 0.636. The maximum atomic E-state index is 4.23. The van der Waals surface area contributed by atoms with Crippen LogP contribution in [0.3, 0.4) is 0 Å². The van der Waals surface area contributed by atoms with Crippen LogP contribution in [0, 0.1) is 0 Å². The van der Waals surface area contributed by atoms with Crippen LogP contribution >= 0.6 is 11.8 Å². The first-order chi connectivity index (χ1) is 7.38. The molecule has 0 bridgehead atoms. The van der Waals surface area contributed by atoms with Gasteiger partial charge in [-0.3, -0.25) is 4.98 Å². The van der Waals surface area contributed by atoms with Crippen molar-refractivity contribution in [3.05, 3.63) is 18.6 Å². The summed E-state index contributed by atoms with van der Waals surface area (Å²) in [4.78, 5) is 8.29. The fourth-order valence-electron chi connectivity index (χ4n) is 2.03. The zero-order valence-corrected chi connectivity index (χ0v) is 9.83. The van der Waals surface area contributed by atoms with Crippen LogP contribution in [0.15, 0.2) is 18.6 Å². The monoisotopic (exact) mass is 223 g/mol. The Morgan fingerprint density at radius 2 is 2.07 bits per heavy atom. The average molecular weight is 223 g/mol. The lowest BCUT2D eigenvalue weighted by atomic mass is 9.95. The summed E-state index contributed by atoms with van der Waals surface area (Å²) in [5.74, 6) is 0.908. The van der Waals surface area contributed by atoms with E-state index in [1.54, 1.807) is 18.6 Å². The number of nitrogens with zero attached hydrogens (tertiary/aromatic N) is 2. The third-order valence-electron chi connectivity index (χ3n) is 2.92. The van der Waals surface area contributed by atoms with Crippen LogP contribution < -0.4 is 5.32 Å². The van der Waals surface area contributed by atoms with Crippen molar-refractivity contribution in [1.29, 1.82) is 0 Å². The Balaban J connectivity index is 1.82. The van der Waals surface area contributed by atoms with E-state index in [2.05, 4.69) is 21.5 Å². The zero-order chi connectivity index (χ0) is 10.5. The Morgan fingerprint density at radius 3 is 2.67 bits per heavy atom. The Labute approximate surface area is 95.1 Å². The Kier molecular flexibility index (Phi) is 3.83. The highest BCUT2D eigenvalue weighted by atomic mass is 32.2. The van der Waals surface area contributed by atoms with Gasteiger partial charge in [0.05, 0.1) is 6.20 Å². The molecular formula is C11H17N3S. The van der Waals surface area contributed by atoms with Gasteiger partial charge in [0.2, 0.25) is 0 Å². The molecule has 15 heavy (non-hydrogen) atoms. The van der Waals surface area contributed by atoms with Crippen LogP contribution in [0.25, 0.3) is 0 Å². The quantitative estimate of drug-likeness (QED) is 0.854. The molecule has 4 heteroatoms. The van der Waals surface area contributed by atoms with Crippen molar-refractivity contribution >= 4 is 17.6 Å². The van der Waals surface area contributed by atoms with Crippen molar-refractivity contribution in [1.82, 2.24) is 9.97 Å². The molecule has 2 rings (SSSR count). The minimum absolute atomic E-state index is 0.588. The van der Waals surface area contributed by atoms with E-state index in [-0.39, 0.29) is 0 Å². The maximum absolute atomic E-state index is 4.23. The molecule has 0 radical (unpaired) electrons. The van der Waals surface area contributed by atoms with Crippen molar-refractivity contribution in [2.45, 2.75) is 37.0 Å². The van der Waals surface area contributed by atoms with Gasteiger partial charge in [-0.2, -0.15) is 11.8 Å². The molecule has 1 saturated carbocycles. The van der Waals surface area contributed by atoms with Crippen LogP contribution in [0.4, 0.5) is 5.82 Å². The van der Waals surface area contributed by atoms with Gasteiger partial charge in [-0.05, 0) is 31.9 Å². The lowest BCUT2D eigenvalue weighted by Crippen LogP contribution is -2.27. The van der Waals surface area contributed by atoms with Crippen LogP contribution in [0.1, 0.15) is 25.7 Å². The molecule has 0 spiro atoms. The third-order valence-corrected chi connectivity index (χ3v) is 4.06. The van der Waals surface area contributed by atoms with Gasteiger partial charge in [-0.1, -0.05) is 0 Å². The molecule has 1 aliphatic rings. The highest BCUT2D eigenvalue weighted by Gasteiger charge is 2.20. The standard InChI is InChI=1S/C11H17N3S/c1-15-10-4-2-9(3-5-10)14-11-8-12-6-7-13-11/h6-10H,2-5H2,1H3,(H,13,14). The van der Waals surface area contributed by atoms with E-state index in [1.165, 1.54) is 25.7 Å². The van der Waals surface area contributed by atoms with Gasteiger partial charge >= 0.3 is 0 Å². The lowest BCUT2D eigenvalue weighted by molar-refractivity contribution is 0.472. The van der Waals surface area contributed by atoms with E-state index in [0.717, 1.165) is 11.1 Å². The van der Waals surface area contributed by atoms with Crippen molar-refractivity contribution < 1.29 is 0 Å². The van der Waals surface area contributed by atoms with Crippen molar-refractivity contribution in [3.8, 4) is 0 Å². The molecule has 1 fully saturated rings. The van der Waals surface area contributed by atoms with E-state index >= 15 is 0 Å². The summed E-state index contributed by atoms with van der Waals surface area (Å²) >= 11 is 2.00. The predicted molar refractivity (Wildman–Crippen MR) is 65.2 cm³/mol. The maximum Gasteiger partial charge on any atom is 0.144 e. The second-order valence-corrected chi connectivity index (χ2v) is 5.08. The van der Waals surface area contributed by atoms with Gasteiger partial charge in [0.25, 0.3) is 0 Å². The predicted octanol–water partition coefficient (Wildman–Crippen LogP) is 2.56. The molecule has 0 atom stereocenters. The zero-order valence-electron chi connectivity index (χ0n) is 9.02. The second kappa shape index (κ2) is 5.35. The van der Waals surface area contributed by atoms with Crippen molar-refractivity contribution in [3.63, 3.8) is 0 Å². The van der Waals surface area contributed by atoms with E-state index in [0.29, 0.717) is 6.04 Å². The Hall–Kier alpha value is -0.770. The minimum atomic E-state index is 0.588. The van der Waals surface area contributed by atoms with Crippen LogP contribution in [-0.2, 0) is 0 Å². The van der Waals surface area contributed by atoms with Crippen LogP contribution in [0.2, 0.25) is 0 Å². The van der Waals surface area contributed by atoms with Gasteiger partial charge in [-0.25, -0.2) is 4.98 Å².